The molecule has 0 atom stereocenters. The molecule has 0 saturated heterocycles. The van der Waals surface area contributed by atoms with Crippen molar-refractivity contribution in [3.8, 4) is 11.3 Å². The summed E-state index contributed by atoms with van der Waals surface area (Å²) in [7, 11) is 0. The number of aromatic amines is 1. The number of imidazole rings is 1. The molecule has 4 nitrogen and oxygen atoms in total. The van der Waals surface area contributed by atoms with Crippen molar-refractivity contribution in [2.45, 2.75) is 12.8 Å². The molecule has 0 spiro atoms. The maximum absolute atomic E-state index is 6.01. The third-order valence-corrected chi connectivity index (χ3v) is 3.97. The predicted molar refractivity (Wildman–Crippen MR) is 90.5 cm³/mol. The summed E-state index contributed by atoms with van der Waals surface area (Å²) < 4.78 is 5.41. The van der Waals surface area contributed by atoms with Crippen LogP contribution in [-0.4, -0.2) is 15.0 Å². The van der Waals surface area contributed by atoms with Crippen LogP contribution in [0.1, 0.15) is 11.4 Å². The van der Waals surface area contributed by atoms with Crippen molar-refractivity contribution < 1.29 is 4.42 Å². The number of hydrogen-bond donors (Lipinski definition) is 1. The lowest BCUT2D eigenvalue weighted by Gasteiger charge is -1.99. The van der Waals surface area contributed by atoms with Crippen LogP contribution in [0.25, 0.3) is 22.5 Å². The molecule has 3 heterocycles. The van der Waals surface area contributed by atoms with Crippen molar-refractivity contribution in [3.05, 3.63) is 71.3 Å². The van der Waals surface area contributed by atoms with Gasteiger partial charge in [-0.1, -0.05) is 23.7 Å². The van der Waals surface area contributed by atoms with Crippen molar-refractivity contribution in [3.63, 3.8) is 0 Å². The second kappa shape index (κ2) is 5.89. The van der Waals surface area contributed by atoms with Crippen molar-refractivity contribution in [1.29, 1.82) is 0 Å². The number of aryl methyl sites for hydroxylation is 2. The largest absolute Gasteiger partial charge is 0.464 e. The Bertz CT molecular complexity index is 944. The number of H-pyrrole nitrogens is 1. The molecule has 0 unspecified atom stereocenters. The van der Waals surface area contributed by atoms with E-state index in [0.717, 1.165) is 46.2 Å². The fourth-order valence-corrected chi connectivity index (χ4v) is 2.81. The summed E-state index contributed by atoms with van der Waals surface area (Å²) in [6.07, 6.45) is 5.13. The molecular weight excluding hydrogens is 310 g/mol. The van der Waals surface area contributed by atoms with Crippen LogP contribution in [0.5, 0.6) is 0 Å². The summed E-state index contributed by atoms with van der Waals surface area (Å²) in [4.78, 5) is 12.3. The Morgan fingerprint density at radius 2 is 2.04 bits per heavy atom. The van der Waals surface area contributed by atoms with Gasteiger partial charge in [0.25, 0.3) is 0 Å². The van der Waals surface area contributed by atoms with Gasteiger partial charge in [-0.15, -0.1) is 0 Å². The zero-order chi connectivity index (χ0) is 15.6. The zero-order valence-electron chi connectivity index (χ0n) is 12.3. The Hall–Kier alpha value is -2.59. The molecule has 1 aromatic carbocycles. The standard InChI is InChI=1S/C18H14ClN3O/c19-14-4-1-3-12(9-14)6-7-17-21-15-10-13(11-20-18(15)22-17)16-5-2-8-23-16/h1-5,8-11H,6-7H2,(H,20,21,22). The van der Waals surface area contributed by atoms with E-state index in [1.807, 2.05) is 36.4 Å². The highest BCUT2D eigenvalue weighted by molar-refractivity contribution is 6.30. The van der Waals surface area contributed by atoms with Crippen LogP contribution in [0.3, 0.4) is 0 Å². The molecule has 0 radical (unpaired) electrons. The normalized spacial score (nSPS) is 11.2. The summed E-state index contributed by atoms with van der Waals surface area (Å²) in [6, 6.07) is 13.7. The Morgan fingerprint density at radius 1 is 1.09 bits per heavy atom. The van der Waals surface area contributed by atoms with Gasteiger partial charge in [0.15, 0.2) is 5.65 Å². The van der Waals surface area contributed by atoms with E-state index in [9.17, 15) is 0 Å². The van der Waals surface area contributed by atoms with Gasteiger partial charge in [0, 0.05) is 23.2 Å². The van der Waals surface area contributed by atoms with Gasteiger partial charge in [-0.25, -0.2) is 9.97 Å². The Kier molecular flexibility index (Phi) is 3.60. The molecule has 23 heavy (non-hydrogen) atoms. The molecule has 4 rings (SSSR count). The van der Waals surface area contributed by atoms with E-state index in [1.165, 1.54) is 5.56 Å². The highest BCUT2D eigenvalue weighted by Crippen LogP contribution is 2.22. The molecular formula is C18H14ClN3O. The first kappa shape index (κ1) is 14.0. The number of aromatic nitrogens is 3. The van der Waals surface area contributed by atoms with Crippen molar-refractivity contribution in [1.82, 2.24) is 15.0 Å². The maximum Gasteiger partial charge on any atom is 0.177 e. The zero-order valence-corrected chi connectivity index (χ0v) is 13.0. The van der Waals surface area contributed by atoms with E-state index in [0.29, 0.717) is 0 Å². The number of fused-ring (bicyclic) bond motifs is 1. The number of nitrogens with one attached hydrogen (secondary N) is 1. The highest BCUT2D eigenvalue weighted by Gasteiger charge is 2.08. The first-order chi connectivity index (χ1) is 11.3. The molecule has 0 aliphatic heterocycles. The van der Waals surface area contributed by atoms with E-state index in [1.54, 1.807) is 12.5 Å². The van der Waals surface area contributed by atoms with Gasteiger partial charge >= 0.3 is 0 Å². The third-order valence-electron chi connectivity index (χ3n) is 3.73. The number of benzene rings is 1. The van der Waals surface area contributed by atoms with Gasteiger partial charge in [0.05, 0.1) is 11.8 Å². The van der Waals surface area contributed by atoms with E-state index >= 15 is 0 Å². The minimum Gasteiger partial charge on any atom is -0.464 e. The maximum atomic E-state index is 6.01. The van der Waals surface area contributed by atoms with Gasteiger partial charge in [0.1, 0.15) is 11.6 Å². The molecule has 0 saturated carbocycles. The predicted octanol–water partition coefficient (Wildman–Crippen LogP) is 4.66. The molecule has 4 aromatic rings. The SMILES string of the molecule is Clc1cccc(CCc2nc3ncc(-c4ccco4)cc3[nH]2)c1. The number of nitrogens with zero attached hydrogens (tertiary/aromatic N) is 2. The van der Waals surface area contributed by atoms with Crippen molar-refractivity contribution >= 4 is 22.8 Å². The molecule has 0 aliphatic carbocycles. The topological polar surface area (TPSA) is 54.7 Å². The van der Waals surface area contributed by atoms with Gasteiger partial charge in [-0.05, 0) is 42.3 Å². The van der Waals surface area contributed by atoms with E-state index in [4.69, 9.17) is 16.0 Å². The van der Waals surface area contributed by atoms with E-state index in [2.05, 4.69) is 21.0 Å². The summed E-state index contributed by atoms with van der Waals surface area (Å²) in [5.74, 6) is 1.72. The molecule has 0 aliphatic rings. The Labute approximate surface area is 138 Å². The molecule has 114 valence electrons. The number of rotatable bonds is 4. The Morgan fingerprint density at radius 3 is 2.87 bits per heavy atom. The average Bonchev–Trinajstić information content (AvgIpc) is 3.21. The van der Waals surface area contributed by atoms with Crippen LogP contribution in [0.4, 0.5) is 0 Å². The smallest absolute Gasteiger partial charge is 0.177 e. The third kappa shape index (κ3) is 2.98. The monoisotopic (exact) mass is 323 g/mol. The first-order valence-electron chi connectivity index (χ1n) is 7.41. The number of halogens is 1. The fraction of sp³-hybridized carbons (Fsp3) is 0.111. The highest BCUT2D eigenvalue weighted by atomic mass is 35.5. The van der Waals surface area contributed by atoms with Gasteiger partial charge in [0.2, 0.25) is 0 Å². The molecule has 0 fully saturated rings. The number of hydrogen-bond acceptors (Lipinski definition) is 3. The fourth-order valence-electron chi connectivity index (χ4n) is 2.60. The van der Waals surface area contributed by atoms with Gasteiger partial charge in [-0.2, -0.15) is 0 Å². The van der Waals surface area contributed by atoms with E-state index in [-0.39, 0.29) is 0 Å². The Balaban J connectivity index is 1.57. The minimum absolute atomic E-state index is 0.724. The van der Waals surface area contributed by atoms with Crippen LogP contribution in [-0.2, 0) is 12.8 Å². The van der Waals surface area contributed by atoms with Crippen molar-refractivity contribution in [2.75, 3.05) is 0 Å². The quantitative estimate of drug-likeness (QED) is 0.594. The molecule has 0 bridgehead atoms. The molecule has 1 N–H and O–H groups in total. The second-order valence-electron chi connectivity index (χ2n) is 5.39. The van der Waals surface area contributed by atoms with Crippen LogP contribution in [0.15, 0.2) is 59.3 Å². The van der Waals surface area contributed by atoms with Crippen LogP contribution < -0.4 is 0 Å². The van der Waals surface area contributed by atoms with E-state index < -0.39 is 0 Å². The molecule has 5 heteroatoms. The van der Waals surface area contributed by atoms with Crippen LogP contribution >= 0.6 is 11.6 Å². The van der Waals surface area contributed by atoms with Crippen molar-refractivity contribution in [2.24, 2.45) is 0 Å². The van der Waals surface area contributed by atoms with Gasteiger partial charge < -0.3 is 9.40 Å². The lowest BCUT2D eigenvalue weighted by Crippen LogP contribution is -1.93. The molecule has 0 amide bonds. The van der Waals surface area contributed by atoms with Crippen LogP contribution in [0, 0.1) is 0 Å². The first-order valence-corrected chi connectivity index (χ1v) is 7.79. The summed E-state index contributed by atoms with van der Waals surface area (Å²) in [5, 5.41) is 0.761. The average molecular weight is 324 g/mol. The lowest BCUT2D eigenvalue weighted by molar-refractivity contribution is 0.582. The molecule has 3 aromatic heterocycles. The second-order valence-corrected chi connectivity index (χ2v) is 5.82. The summed E-state index contributed by atoms with van der Waals surface area (Å²) >= 11 is 6.01. The van der Waals surface area contributed by atoms with Crippen LogP contribution in [0.2, 0.25) is 5.02 Å². The minimum atomic E-state index is 0.724. The lowest BCUT2D eigenvalue weighted by atomic mass is 10.1. The van der Waals surface area contributed by atoms with Gasteiger partial charge in [-0.3, -0.25) is 0 Å². The number of pyridine rings is 1. The summed E-state index contributed by atoms with van der Waals surface area (Å²) in [5.41, 5.74) is 3.77. The summed E-state index contributed by atoms with van der Waals surface area (Å²) in [6.45, 7) is 0. The number of furan rings is 1.